The number of phenolic OH excluding ortho intramolecular Hbond substituents is 2. The molecule has 56 heavy (non-hydrogen) atoms. The number of carbonyl (C=O) groups excluding carboxylic acids is 2. The van der Waals surface area contributed by atoms with Gasteiger partial charge in [0.2, 0.25) is 0 Å². The van der Waals surface area contributed by atoms with Crippen molar-refractivity contribution in [3.05, 3.63) is 152 Å². The summed E-state index contributed by atoms with van der Waals surface area (Å²) in [5.74, 6) is -1.95. The monoisotopic (exact) mass is 820 g/mol. The Hall–Kier alpha value is -6.04. The summed E-state index contributed by atoms with van der Waals surface area (Å²) in [5.41, 5.74) is 3.00. The van der Waals surface area contributed by atoms with E-state index in [2.05, 4.69) is 31.1 Å². The van der Waals surface area contributed by atoms with E-state index in [-0.39, 0.29) is 34.0 Å². The molecule has 0 unspecified atom stereocenters. The zero-order valence-electron chi connectivity index (χ0n) is 29.4. The standard InChI is InChI=1S/C42H28Cl4N6O4/c1-21-22(2)36(48-42(56)34-14-24-8-4-6-10-32(24)38(40(34)54)52-50-30-19-27(45)16-28(46)20-30)12-11-35(21)47-41(55)33-13-23-7-3-5-9-31(23)37(39(33)53)51-49-29-17-25(43)15-26(44)18-29/h3-20,53-54H,1-2H3,(H,47,55)(H,48,56). The number of fused-ring (bicyclic) bond motifs is 2. The highest BCUT2D eigenvalue weighted by Gasteiger charge is 2.22. The topological polar surface area (TPSA) is 148 Å². The quantitative estimate of drug-likeness (QED) is 0.113. The van der Waals surface area contributed by atoms with E-state index < -0.39 is 11.8 Å². The van der Waals surface area contributed by atoms with Gasteiger partial charge in [0.1, 0.15) is 11.4 Å². The molecule has 4 N–H and O–H groups in total. The molecule has 278 valence electrons. The number of benzene rings is 7. The number of rotatable bonds is 8. The number of aromatic hydroxyl groups is 2. The number of carbonyl (C=O) groups is 2. The summed E-state index contributed by atoms with van der Waals surface area (Å²) in [7, 11) is 0. The summed E-state index contributed by atoms with van der Waals surface area (Å²) in [6.07, 6.45) is 0. The molecule has 7 aromatic rings. The van der Waals surface area contributed by atoms with Gasteiger partial charge < -0.3 is 20.8 Å². The van der Waals surface area contributed by atoms with Gasteiger partial charge in [0.25, 0.3) is 11.8 Å². The highest BCUT2D eigenvalue weighted by Crippen LogP contribution is 2.42. The number of amides is 2. The van der Waals surface area contributed by atoms with Gasteiger partial charge in [-0.15, -0.1) is 10.2 Å². The average Bonchev–Trinajstić information content (AvgIpc) is 3.15. The van der Waals surface area contributed by atoms with Crippen LogP contribution in [0.1, 0.15) is 31.8 Å². The van der Waals surface area contributed by atoms with Gasteiger partial charge in [0.15, 0.2) is 11.5 Å². The second-order valence-electron chi connectivity index (χ2n) is 12.7. The molecule has 0 saturated heterocycles. The Morgan fingerprint density at radius 1 is 0.500 bits per heavy atom. The van der Waals surface area contributed by atoms with E-state index in [1.54, 1.807) is 123 Å². The predicted molar refractivity (Wildman–Crippen MR) is 224 cm³/mol. The van der Waals surface area contributed by atoms with E-state index in [0.717, 1.165) is 0 Å². The second-order valence-corrected chi connectivity index (χ2v) is 14.4. The third kappa shape index (κ3) is 8.00. The summed E-state index contributed by atoms with van der Waals surface area (Å²) < 4.78 is 0. The first-order valence-electron chi connectivity index (χ1n) is 16.8. The molecule has 0 radical (unpaired) electrons. The van der Waals surface area contributed by atoms with E-state index in [4.69, 9.17) is 46.4 Å². The van der Waals surface area contributed by atoms with Crippen LogP contribution < -0.4 is 10.6 Å². The number of azo groups is 2. The molecule has 0 aromatic heterocycles. The molecule has 0 atom stereocenters. The minimum atomic E-state index is -0.599. The highest BCUT2D eigenvalue weighted by atomic mass is 35.5. The SMILES string of the molecule is Cc1c(NC(=O)c2cc3ccccc3c(N=Nc3cc(Cl)cc(Cl)c3)c2O)ccc(NC(=O)c2cc3ccccc3c(N=Nc3cc(Cl)cc(Cl)c3)c2O)c1C. The first-order chi connectivity index (χ1) is 26.9. The Balaban J connectivity index is 1.16. The van der Waals surface area contributed by atoms with Crippen LogP contribution in [0.5, 0.6) is 11.5 Å². The molecular weight excluding hydrogens is 794 g/mol. The minimum Gasteiger partial charge on any atom is -0.505 e. The van der Waals surface area contributed by atoms with E-state index in [9.17, 15) is 19.8 Å². The molecule has 0 aliphatic rings. The molecule has 0 aliphatic heterocycles. The fourth-order valence-corrected chi connectivity index (χ4v) is 7.09. The van der Waals surface area contributed by atoms with E-state index in [0.29, 0.717) is 75.5 Å². The maximum Gasteiger partial charge on any atom is 0.259 e. The number of nitrogens with one attached hydrogen (secondary N) is 2. The molecule has 0 bridgehead atoms. The molecule has 0 spiro atoms. The Bertz CT molecular complexity index is 2580. The summed E-state index contributed by atoms with van der Waals surface area (Å²) in [6.45, 7) is 3.56. The number of hydrogen-bond donors (Lipinski definition) is 4. The number of hydrogen-bond acceptors (Lipinski definition) is 8. The Morgan fingerprint density at radius 2 is 0.857 bits per heavy atom. The first kappa shape index (κ1) is 38.2. The summed E-state index contributed by atoms with van der Waals surface area (Å²) >= 11 is 24.5. The van der Waals surface area contributed by atoms with Crippen molar-refractivity contribution < 1.29 is 19.8 Å². The zero-order valence-corrected chi connectivity index (χ0v) is 32.4. The second kappa shape index (κ2) is 16.0. The molecule has 14 heteroatoms. The third-order valence-corrected chi connectivity index (χ3v) is 9.86. The van der Waals surface area contributed by atoms with Crippen LogP contribution in [-0.4, -0.2) is 22.0 Å². The summed E-state index contributed by atoms with van der Waals surface area (Å²) in [6, 6.07) is 30.1. The summed E-state index contributed by atoms with van der Waals surface area (Å²) in [5, 5.41) is 49.4. The van der Waals surface area contributed by atoms with E-state index in [1.165, 1.54) is 0 Å². The zero-order chi connectivity index (χ0) is 39.7. The van der Waals surface area contributed by atoms with Crippen LogP contribution in [0.15, 0.2) is 130 Å². The van der Waals surface area contributed by atoms with Crippen molar-refractivity contribution in [2.45, 2.75) is 13.8 Å². The highest BCUT2D eigenvalue weighted by molar-refractivity contribution is 6.35. The van der Waals surface area contributed by atoms with E-state index in [1.807, 2.05) is 0 Å². The van der Waals surface area contributed by atoms with Crippen LogP contribution in [0.2, 0.25) is 20.1 Å². The fourth-order valence-electron chi connectivity index (χ4n) is 6.06. The van der Waals surface area contributed by atoms with E-state index >= 15 is 0 Å². The van der Waals surface area contributed by atoms with Gasteiger partial charge in [-0.05, 0) is 96.4 Å². The van der Waals surface area contributed by atoms with Gasteiger partial charge in [-0.3, -0.25) is 9.59 Å². The molecule has 7 rings (SSSR count). The third-order valence-electron chi connectivity index (χ3n) is 8.99. The fraction of sp³-hybridized carbons (Fsp3) is 0.0476. The summed E-state index contributed by atoms with van der Waals surface area (Å²) in [4.78, 5) is 27.5. The number of halogens is 4. The smallest absolute Gasteiger partial charge is 0.259 e. The lowest BCUT2D eigenvalue weighted by Crippen LogP contribution is -2.16. The first-order valence-corrected chi connectivity index (χ1v) is 18.4. The van der Waals surface area contributed by atoms with Crippen molar-refractivity contribution in [3.63, 3.8) is 0 Å². The van der Waals surface area contributed by atoms with Crippen LogP contribution in [0.3, 0.4) is 0 Å². The van der Waals surface area contributed by atoms with Crippen molar-refractivity contribution in [3.8, 4) is 11.5 Å². The van der Waals surface area contributed by atoms with Gasteiger partial charge in [0.05, 0.1) is 22.5 Å². The van der Waals surface area contributed by atoms with Crippen molar-refractivity contribution >= 4 is 114 Å². The predicted octanol–water partition coefficient (Wildman–Crippen LogP) is 14.0. The molecular formula is C42H28Cl4N6O4. The largest absolute Gasteiger partial charge is 0.505 e. The van der Waals surface area contributed by atoms with Crippen LogP contribution in [0.4, 0.5) is 34.1 Å². The van der Waals surface area contributed by atoms with Crippen molar-refractivity contribution in [1.29, 1.82) is 0 Å². The molecule has 10 nitrogen and oxygen atoms in total. The molecule has 0 heterocycles. The maximum atomic E-state index is 13.8. The normalized spacial score (nSPS) is 11.5. The van der Waals surface area contributed by atoms with Gasteiger partial charge in [-0.25, -0.2) is 0 Å². The Labute approximate surface area is 340 Å². The van der Waals surface area contributed by atoms with Gasteiger partial charge in [-0.2, -0.15) is 10.2 Å². The molecule has 7 aromatic carbocycles. The van der Waals surface area contributed by atoms with Crippen molar-refractivity contribution in [2.75, 3.05) is 10.6 Å². The van der Waals surface area contributed by atoms with Gasteiger partial charge in [0, 0.05) is 42.2 Å². The molecule has 0 aliphatic carbocycles. The van der Waals surface area contributed by atoms with Crippen LogP contribution >= 0.6 is 46.4 Å². The van der Waals surface area contributed by atoms with Gasteiger partial charge in [-0.1, -0.05) is 94.9 Å². The number of phenols is 2. The van der Waals surface area contributed by atoms with Crippen molar-refractivity contribution in [2.24, 2.45) is 20.5 Å². The lowest BCUT2D eigenvalue weighted by Gasteiger charge is -2.17. The van der Waals surface area contributed by atoms with Crippen LogP contribution in [-0.2, 0) is 0 Å². The maximum absolute atomic E-state index is 13.8. The lowest BCUT2D eigenvalue weighted by atomic mass is 10.0. The Morgan fingerprint density at radius 3 is 1.23 bits per heavy atom. The lowest BCUT2D eigenvalue weighted by molar-refractivity contribution is 0.101. The molecule has 2 amide bonds. The number of anilines is 2. The average molecular weight is 823 g/mol. The van der Waals surface area contributed by atoms with Gasteiger partial charge >= 0.3 is 0 Å². The van der Waals surface area contributed by atoms with Crippen LogP contribution in [0.25, 0.3) is 21.5 Å². The molecule has 0 fully saturated rings. The number of nitrogens with zero attached hydrogens (tertiary/aromatic N) is 4. The van der Waals surface area contributed by atoms with Crippen molar-refractivity contribution in [1.82, 2.24) is 0 Å². The van der Waals surface area contributed by atoms with Crippen LogP contribution in [0, 0.1) is 13.8 Å². The minimum absolute atomic E-state index is 0.0330. The molecule has 0 saturated carbocycles. The Kier molecular flexibility index (Phi) is 10.9.